The molecular weight excluding hydrogens is 303 g/mol. The van der Waals surface area contributed by atoms with Crippen molar-refractivity contribution < 1.29 is 4.79 Å². The van der Waals surface area contributed by atoms with Crippen molar-refractivity contribution in [1.29, 1.82) is 0 Å². The van der Waals surface area contributed by atoms with Gasteiger partial charge in [-0.3, -0.25) is 4.79 Å². The molecule has 0 unspecified atom stereocenters. The zero-order chi connectivity index (χ0) is 16.9. The van der Waals surface area contributed by atoms with Gasteiger partial charge in [0.25, 0.3) is 5.91 Å². The van der Waals surface area contributed by atoms with Crippen molar-refractivity contribution in [3.63, 3.8) is 0 Å². The Hall–Kier alpha value is -1.39. The molecule has 0 aliphatic carbocycles. The van der Waals surface area contributed by atoms with Crippen LogP contribution < -0.4 is 5.32 Å². The average molecular weight is 331 g/mol. The maximum atomic E-state index is 12.7. The first-order chi connectivity index (χ1) is 11.0. The summed E-state index contributed by atoms with van der Waals surface area (Å²) >= 11 is 0. The quantitative estimate of drug-likeness (QED) is 0.581. The van der Waals surface area contributed by atoms with E-state index in [4.69, 9.17) is 6.57 Å². The Labute approximate surface area is 141 Å². The standard InChI is InChI=1S/C19H27N2OP/c1-5-23(10-8-6-7-9-11-23)14-18(22)21-19-15(2)12-17(20-4)13-16(19)3/h12-13H,5-11,14H2,1-3H3/p+1. The molecule has 0 bridgehead atoms. The van der Waals surface area contributed by atoms with Gasteiger partial charge in [-0.1, -0.05) is 12.1 Å². The van der Waals surface area contributed by atoms with Crippen LogP contribution in [0.5, 0.6) is 0 Å². The summed E-state index contributed by atoms with van der Waals surface area (Å²) in [5.74, 6) is 0.170. The highest BCUT2D eigenvalue weighted by atomic mass is 31.2. The lowest BCUT2D eigenvalue weighted by Gasteiger charge is -2.24. The van der Waals surface area contributed by atoms with Crippen molar-refractivity contribution in [3.8, 4) is 0 Å². The van der Waals surface area contributed by atoms with Crippen LogP contribution in [0, 0.1) is 20.4 Å². The van der Waals surface area contributed by atoms with Crippen molar-refractivity contribution >= 4 is 24.5 Å². The monoisotopic (exact) mass is 331 g/mol. The molecule has 1 fully saturated rings. The fraction of sp³-hybridized carbons (Fsp3) is 0.579. The van der Waals surface area contributed by atoms with Gasteiger partial charge in [0.1, 0.15) is 6.16 Å². The van der Waals surface area contributed by atoms with E-state index >= 15 is 0 Å². The Bertz CT molecular complexity index is 587. The summed E-state index contributed by atoms with van der Waals surface area (Å²) < 4.78 is 0. The van der Waals surface area contributed by atoms with E-state index in [1.807, 2.05) is 26.0 Å². The van der Waals surface area contributed by atoms with Crippen molar-refractivity contribution in [2.24, 2.45) is 0 Å². The minimum Gasteiger partial charge on any atom is -0.323 e. The van der Waals surface area contributed by atoms with Gasteiger partial charge in [-0.05, 0) is 57.6 Å². The maximum Gasteiger partial charge on any atom is 0.261 e. The Morgan fingerprint density at radius 3 is 2.22 bits per heavy atom. The third-order valence-electron chi connectivity index (χ3n) is 5.08. The van der Waals surface area contributed by atoms with Crippen LogP contribution >= 0.6 is 7.26 Å². The molecule has 1 aromatic carbocycles. The molecule has 1 aliphatic heterocycles. The number of hydrogen-bond donors (Lipinski definition) is 1. The summed E-state index contributed by atoms with van der Waals surface area (Å²) in [6, 6.07) is 3.71. The molecule has 0 spiro atoms. The molecule has 0 radical (unpaired) electrons. The second kappa shape index (κ2) is 7.93. The summed E-state index contributed by atoms with van der Waals surface area (Å²) in [6.07, 6.45) is 9.75. The molecule has 23 heavy (non-hydrogen) atoms. The van der Waals surface area contributed by atoms with E-state index in [0.29, 0.717) is 5.69 Å². The zero-order valence-corrected chi connectivity index (χ0v) is 15.5. The summed E-state index contributed by atoms with van der Waals surface area (Å²) in [5, 5.41) is 3.14. The normalized spacial score (nSPS) is 17.1. The number of amides is 1. The summed E-state index contributed by atoms with van der Waals surface area (Å²) in [7, 11) is -1.11. The SMILES string of the molecule is [C-]#[N+]c1cc(C)c(NC(=O)C[P+]2(CC)CCCCCC2)c(C)c1. The molecule has 0 atom stereocenters. The fourth-order valence-electron chi connectivity index (χ4n) is 3.63. The molecule has 1 amide bonds. The summed E-state index contributed by atoms with van der Waals surface area (Å²) in [4.78, 5) is 16.2. The molecular formula is C19H28N2OP+. The highest BCUT2D eigenvalue weighted by molar-refractivity contribution is 7.76. The number of benzene rings is 1. The van der Waals surface area contributed by atoms with Crippen LogP contribution in [0.3, 0.4) is 0 Å². The Morgan fingerprint density at radius 1 is 1.17 bits per heavy atom. The van der Waals surface area contributed by atoms with E-state index in [0.717, 1.165) is 23.0 Å². The molecule has 1 heterocycles. The van der Waals surface area contributed by atoms with Gasteiger partial charge in [0.15, 0.2) is 5.69 Å². The van der Waals surface area contributed by atoms with Crippen LogP contribution in [-0.4, -0.2) is 30.6 Å². The van der Waals surface area contributed by atoms with E-state index < -0.39 is 7.26 Å². The smallest absolute Gasteiger partial charge is 0.261 e. The number of carbonyl (C=O) groups excluding carboxylic acids is 1. The van der Waals surface area contributed by atoms with Crippen LogP contribution in [0.2, 0.25) is 0 Å². The number of nitrogens with one attached hydrogen (secondary N) is 1. The Balaban J connectivity index is 2.11. The molecule has 0 saturated carbocycles. The van der Waals surface area contributed by atoms with E-state index in [2.05, 4.69) is 17.1 Å². The predicted octanol–water partition coefficient (Wildman–Crippen LogP) is 5.40. The second-order valence-electron chi connectivity index (χ2n) is 6.79. The largest absolute Gasteiger partial charge is 0.323 e. The molecule has 4 heteroatoms. The first kappa shape index (κ1) is 18.0. The van der Waals surface area contributed by atoms with Crippen molar-refractivity contribution in [3.05, 3.63) is 34.7 Å². The van der Waals surface area contributed by atoms with E-state index in [1.54, 1.807) is 0 Å². The van der Waals surface area contributed by atoms with Crippen LogP contribution in [0.25, 0.3) is 4.85 Å². The average Bonchev–Trinajstić information content (AvgIpc) is 2.76. The lowest BCUT2D eigenvalue weighted by atomic mass is 10.1. The molecule has 1 aliphatic rings. The minimum atomic E-state index is -1.11. The van der Waals surface area contributed by atoms with Gasteiger partial charge < -0.3 is 5.32 Å². The van der Waals surface area contributed by atoms with Crippen molar-refractivity contribution in [2.75, 3.05) is 30.0 Å². The lowest BCUT2D eigenvalue weighted by molar-refractivity contribution is -0.113. The second-order valence-corrected chi connectivity index (χ2v) is 11.3. The zero-order valence-electron chi connectivity index (χ0n) is 14.6. The van der Waals surface area contributed by atoms with Gasteiger partial charge in [0.2, 0.25) is 0 Å². The summed E-state index contributed by atoms with van der Waals surface area (Å²) in [5.41, 5.74) is 3.49. The molecule has 0 aromatic heterocycles. The Morgan fingerprint density at radius 2 is 1.74 bits per heavy atom. The van der Waals surface area contributed by atoms with Gasteiger partial charge in [-0.2, -0.15) is 0 Å². The number of anilines is 1. The third-order valence-corrected chi connectivity index (χ3v) is 9.91. The van der Waals surface area contributed by atoms with Crippen LogP contribution in [0.4, 0.5) is 11.4 Å². The van der Waals surface area contributed by atoms with Crippen molar-refractivity contribution in [1.82, 2.24) is 0 Å². The van der Waals surface area contributed by atoms with Crippen molar-refractivity contribution in [2.45, 2.75) is 46.5 Å². The van der Waals surface area contributed by atoms with E-state index in [-0.39, 0.29) is 5.91 Å². The molecule has 2 rings (SSSR count). The topological polar surface area (TPSA) is 33.5 Å². The maximum absolute atomic E-state index is 12.7. The highest BCUT2D eigenvalue weighted by Gasteiger charge is 2.38. The first-order valence-electron chi connectivity index (χ1n) is 8.63. The molecule has 1 saturated heterocycles. The third kappa shape index (κ3) is 4.55. The number of rotatable bonds is 4. The van der Waals surface area contributed by atoms with Crippen LogP contribution in [0.15, 0.2) is 12.1 Å². The number of nitrogens with zero attached hydrogens (tertiary/aromatic N) is 1. The first-order valence-corrected chi connectivity index (χ1v) is 11.2. The van der Waals surface area contributed by atoms with Gasteiger partial charge >= 0.3 is 0 Å². The number of hydrogen-bond acceptors (Lipinski definition) is 1. The molecule has 3 nitrogen and oxygen atoms in total. The molecule has 1 aromatic rings. The summed E-state index contributed by atoms with van der Waals surface area (Å²) in [6.45, 7) is 13.3. The molecule has 124 valence electrons. The minimum absolute atomic E-state index is 0.170. The van der Waals surface area contributed by atoms with Gasteiger partial charge in [-0.15, -0.1) is 0 Å². The number of carbonyl (C=O) groups is 1. The van der Waals surface area contributed by atoms with Crippen LogP contribution in [-0.2, 0) is 4.79 Å². The van der Waals surface area contributed by atoms with E-state index in [1.165, 1.54) is 44.2 Å². The highest BCUT2D eigenvalue weighted by Crippen LogP contribution is 2.60. The van der Waals surface area contributed by atoms with Gasteiger partial charge in [-0.25, -0.2) is 4.85 Å². The van der Waals surface area contributed by atoms with Crippen LogP contribution in [0.1, 0.15) is 43.7 Å². The number of aryl methyl sites for hydroxylation is 2. The van der Waals surface area contributed by atoms with Gasteiger partial charge in [0.05, 0.1) is 25.1 Å². The Kier molecular flexibility index (Phi) is 6.19. The van der Waals surface area contributed by atoms with Gasteiger partial charge in [0, 0.05) is 12.9 Å². The molecule has 1 N–H and O–H groups in total. The van der Waals surface area contributed by atoms with E-state index in [9.17, 15) is 4.79 Å². The predicted molar refractivity (Wildman–Crippen MR) is 101 cm³/mol. The fourth-order valence-corrected chi connectivity index (χ4v) is 7.50. The lowest BCUT2D eigenvalue weighted by Crippen LogP contribution is -2.23.